The fourth-order valence-corrected chi connectivity index (χ4v) is 3.93. The van der Waals surface area contributed by atoms with Gasteiger partial charge in [0.2, 0.25) is 0 Å². The Morgan fingerprint density at radius 3 is 2.33 bits per heavy atom. The fraction of sp³-hybridized carbons (Fsp3) is 0.381. The second kappa shape index (κ2) is 9.04. The van der Waals surface area contributed by atoms with Gasteiger partial charge in [0.25, 0.3) is 15.9 Å². The lowest BCUT2D eigenvalue weighted by atomic mass is 9.99. The van der Waals surface area contributed by atoms with Crippen LogP contribution in [-0.4, -0.2) is 20.9 Å². The number of hydrogen-bond donors (Lipinski definition) is 2. The Morgan fingerprint density at radius 2 is 1.74 bits per heavy atom. The van der Waals surface area contributed by atoms with E-state index in [0.717, 1.165) is 24.0 Å². The first kappa shape index (κ1) is 21.0. The largest absolute Gasteiger partial charge is 0.352 e. The first-order valence-corrected chi connectivity index (χ1v) is 10.7. The molecule has 0 aliphatic rings. The maximum atomic E-state index is 12.8. The molecule has 146 valence electrons. The highest BCUT2D eigenvalue weighted by Crippen LogP contribution is 2.29. The van der Waals surface area contributed by atoms with Crippen molar-refractivity contribution in [1.29, 1.82) is 0 Å². The minimum Gasteiger partial charge on any atom is -0.352 e. The molecule has 6 heteroatoms. The molecule has 0 radical (unpaired) electrons. The number of carbonyl (C=O) groups is 1. The van der Waals surface area contributed by atoms with Crippen molar-refractivity contribution >= 4 is 21.6 Å². The quantitative estimate of drug-likeness (QED) is 0.656. The average Bonchev–Trinajstić information content (AvgIpc) is 2.63. The number of carbonyl (C=O) groups excluding carboxylic acids is 1. The van der Waals surface area contributed by atoms with Crippen molar-refractivity contribution in [3.05, 3.63) is 59.2 Å². The summed E-state index contributed by atoms with van der Waals surface area (Å²) in [6.07, 6.45) is 1.91. The zero-order valence-corrected chi connectivity index (χ0v) is 17.2. The molecule has 2 rings (SSSR count). The minimum absolute atomic E-state index is 0.130. The van der Waals surface area contributed by atoms with E-state index in [1.165, 1.54) is 24.3 Å². The van der Waals surface area contributed by atoms with Gasteiger partial charge in [0.05, 0.1) is 10.6 Å². The summed E-state index contributed by atoms with van der Waals surface area (Å²) in [7, 11) is -3.74. The Balaban J connectivity index is 2.22. The Hall–Kier alpha value is -2.34. The van der Waals surface area contributed by atoms with Crippen LogP contribution in [0.25, 0.3) is 0 Å². The molecule has 0 fully saturated rings. The number of nitrogens with one attached hydrogen (secondary N) is 2. The third-order valence-corrected chi connectivity index (χ3v) is 5.77. The van der Waals surface area contributed by atoms with Crippen molar-refractivity contribution in [3.8, 4) is 0 Å². The summed E-state index contributed by atoms with van der Waals surface area (Å²) >= 11 is 0. The number of sulfonamides is 1. The van der Waals surface area contributed by atoms with Crippen LogP contribution < -0.4 is 10.0 Å². The zero-order chi connectivity index (χ0) is 20.0. The van der Waals surface area contributed by atoms with Crippen molar-refractivity contribution < 1.29 is 13.2 Å². The molecule has 2 aromatic carbocycles. The number of para-hydroxylation sites is 1. The van der Waals surface area contributed by atoms with E-state index < -0.39 is 10.0 Å². The van der Waals surface area contributed by atoms with Gasteiger partial charge in [-0.1, -0.05) is 45.4 Å². The van der Waals surface area contributed by atoms with Gasteiger partial charge < -0.3 is 5.32 Å². The van der Waals surface area contributed by atoms with E-state index in [4.69, 9.17) is 0 Å². The Bertz CT molecular complexity index is 888. The van der Waals surface area contributed by atoms with Crippen molar-refractivity contribution in [2.24, 2.45) is 0 Å². The van der Waals surface area contributed by atoms with E-state index >= 15 is 0 Å². The minimum atomic E-state index is -3.74. The fourth-order valence-electron chi connectivity index (χ4n) is 2.77. The molecule has 1 amide bonds. The number of anilines is 1. The summed E-state index contributed by atoms with van der Waals surface area (Å²) in [5, 5.41) is 2.82. The second-order valence-corrected chi connectivity index (χ2v) is 8.62. The van der Waals surface area contributed by atoms with Gasteiger partial charge in [0.15, 0.2) is 0 Å². The first-order chi connectivity index (χ1) is 12.8. The van der Waals surface area contributed by atoms with Crippen molar-refractivity contribution in [1.82, 2.24) is 5.32 Å². The van der Waals surface area contributed by atoms with E-state index in [-0.39, 0.29) is 16.7 Å². The molecule has 0 heterocycles. The summed E-state index contributed by atoms with van der Waals surface area (Å²) in [5.41, 5.74) is 2.89. The van der Waals surface area contributed by atoms with Crippen LogP contribution >= 0.6 is 0 Å². The van der Waals surface area contributed by atoms with Crippen LogP contribution in [0.15, 0.2) is 47.4 Å². The molecular weight excluding hydrogens is 360 g/mol. The van der Waals surface area contributed by atoms with Crippen LogP contribution in [0, 0.1) is 6.92 Å². The van der Waals surface area contributed by atoms with Gasteiger partial charge in [0.1, 0.15) is 0 Å². The topological polar surface area (TPSA) is 75.3 Å². The molecule has 0 saturated heterocycles. The molecule has 0 aliphatic heterocycles. The van der Waals surface area contributed by atoms with E-state index in [0.29, 0.717) is 17.8 Å². The Morgan fingerprint density at radius 1 is 1.07 bits per heavy atom. The molecule has 0 aromatic heterocycles. The molecular formula is C21H28N2O3S. The van der Waals surface area contributed by atoms with Gasteiger partial charge in [-0.15, -0.1) is 0 Å². The average molecular weight is 389 g/mol. The number of rotatable bonds is 8. The summed E-state index contributed by atoms with van der Waals surface area (Å²) in [5.74, 6) is -0.00172. The Labute approximate surface area is 162 Å². The predicted molar refractivity (Wildman–Crippen MR) is 110 cm³/mol. The lowest BCUT2D eigenvalue weighted by Gasteiger charge is -2.17. The monoisotopic (exact) mass is 388 g/mol. The molecule has 2 N–H and O–H groups in total. The van der Waals surface area contributed by atoms with Crippen LogP contribution in [-0.2, 0) is 10.0 Å². The van der Waals surface area contributed by atoms with Crippen LogP contribution in [0.4, 0.5) is 5.69 Å². The second-order valence-electron chi connectivity index (χ2n) is 6.93. The highest BCUT2D eigenvalue weighted by Gasteiger charge is 2.19. The molecule has 27 heavy (non-hydrogen) atoms. The smallest absolute Gasteiger partial charge is 0.261 e. The normalized spacial score (nSPS) is 11.4. The summed E-state index contributed by atoms with van der Waals surface area (Å²) in [6.45, 7) is 8.60. The van der Waals surface area contributed by atoms with Gasteiger partial charge >= 0.3 is 0 Å². The molecule has 0 bridgehead atoms. The molecule has 5 nitrogen and oxygen atoms in total. The Kier molecular flexibility index (Phi) is 7.02. The third kappa shape index (κ3) is 5.32. The van der Waals surface area contributed by atoms with Crippen molar-refractivity contribution in [3.63, 3.8) is 0 Å². The number of aryl methyl sites for hydroxylation is 1. The highest BCUT2D eigenvalue weighted by molar-refractivity contribution is 7.92. The molecule has 0 unspecified atom stereocenters. The van der Waals surface area contributed by atoms with E-state index in [9.17, 15) is 13.2 Å². The van der Waals surface area contributed by atoms with Crippen LogP contribution in [0.3, 0.4) is 0 Å². The molecule has 0 atom stereocenters. The third-order valence-electron chi connectivity index (χ3n) is 4.41. The van der Waals surface area contributed by atoms with Crippen LogP contribution in [0.2, 0.25) is 0 Å². The standard InChI is InChI=1S/C21H28N2O3S/c1-5-6-14-22-21(24)17-10-12-18(13-11-17)27(25,26)23-20-16(4)8-7-9-19(20)15(2)3/h7-13,15,23H,5-6,14H2,1-4H3,(H,22,24). The summed E-state index contributed by atoms with van der Waals surface area (Å²) in [6, 6.07) is 11.7. The first-order valence-electron chi connectivity index (χ1n) is 9.27. The van der Waals surface area contributed by atoms with Gasteiger partial charge in [-0.25, -0.2) is 8.42 Å². The predicted octanol–water partition coefficient (Wildman–Crippen LogP) is 4.45. The van der Waals surface area contributed by atoms with Gasteiger partial charge in [-0.3, -0.25) is 9.52 Å². The van der Waals surface area contributed by atoms with Crippen LogP contribution in [0.1, 0.15) is 61.0 Å². The van der Waals surface area contributed by atoms with E-state index in [1.807, 2.05) is 39.0 Å². The van der Waals surface area contributed by atoms with Gasteiger partial charge in [-0.05, 0) is 54.7 Å². The molecule has 0 aliphatic carbocycles. The molecule has 0 spiro atoms. The maximum absolute atomic E-state index is 12.8. The zero-order valence-electron chi connectivity index (χ0n) is 16.4. The summed E-state index contributed by atoms with van der Waals surface area (Å²) in [4.78, 5) is 12.2. The lowest BCUT2D eigenvalue weighted by molar-refractivity contribution is 0.0953. The van der Waals surface area contributed by atoms with Gasteiger partial charge in [0, 0.05) is 12.1 Å². The summed E-state index contributed by atoms with van der Waals surface area (Å²) < 4.78 is 28.3. The SMILES string of the molecule is CCCCNC(=O)c1ccc(S(=O)(=O)Nc2c(C)cccc2C(C)C)cc1. The molecule has 0 saturated carbocycles. The lowest BCUT2D eigenvalue weighted by Crippen LogP contribution is -2.24. The van der Waals surface area contributed by atoms with Crippen molar-refractivity contribution in [2.45, 2.75) is 51.3 Å². The van der Waals surface area contributed by atoms with Gasteiger partial charge in [-0.2, -0.15) is 0 Å². The van der Waals surface area contributed by atoms with E-state index in [1.54, 1.807) is 0 Å². The maximum Gasteiger partial charge on any atom is 0.261 e. The number of benzene rings is 2. The van der Waals surface area contributed by atoms with Crippen LogP contribution in [0.5, 0.6) is 0 Å². The number of amides is 1. The van der Waals surface area contributed by atoms with Crippen molar-refractivity contribution in [2.75, 3.05) is 11.3 Å². The number of hydrogen-bond acceptors (Lipinski definition) is 3. The molecule has 2 aromatic rings. The van der Waals surface area contributed by atoms with E-state index in [2.05, 4.69) is 17.0 Å². The number of unbranched alkanes of at least 4 members (excludes halogenated alkanes) is 1. The highest BCUT2D eigenvalue weighted by atomic mass is 32.2.